The van der Waals surface area contributed by atoms with Gasteiger partial charge >= 0.3 is 0 Å². The molecule has 0 saturated heterocycles. The SMILES string of the molecule is CC(C)CNC(C)c1nnnn1C(C)C. The van der Waals surface area contributed by atoms with Gasteiger partial charge < -0.3 is 5.32 Å². The lowest BCUT2D eigenvalue weighted by atomic mass is 10.2. The molecule has 0 aromatic carbocycles. The normalized spacial score (nSPS) is 13.8. The van der Waals surface area contributed by atoms with Crippen molar-refractivity contribution in [2.24, 2.45) is 5.92 Å². The van der Waals surface area contributed by atoms with Crippen molar-refractivity contribution in [3.63, 3.8) is 0 Å². The van der Waals surface area contributed by atoms with Crippen LogP contribution in [0.5, 0.6) is 0 Å². The third-order valence-corrected chi connectivity index (χ3v) is 2.23. The Balaban J connectivity index is 2.64. The van der Waals surface area contributed by atoms with Gasteiger partial charge in [-0.2, -0.15) is 0 Å². The first-order valence-electron chi connectivity index (χ1n) is 5.53. The minimum absolute atomic E-state index is 0.199. The van der Waals surface area contributed by atoms with Crippen LogP contribution < -0.4 is 5.32 Å². The summed E-state index contributed by atoms with van der Waals surface area (Å²) in [5, 5.41) is 15.2. The molecule has 5 nitrogen and oxygen atoms in total. The number of hydrogen-bond acceptors (Lipinski definition) is 4. The van der Waals surface area contributed by atoms with Crippen LogP contribution >= 0.6 is 0 Å². The molecular formula is C10H21N5. The molecular weight excluding hydrogens is 190 g/mol. The Bertz CT molecular complexity index is 292. The summed E-state index contributed by atoms with van der Waals surface area (Å²) in [4.78, 5) is 0. The third-order valence-electron chi connectivity index (χ3n) is 2.23. The lowest BCUT2D eigenvalue weighted by Gasteiger charge is -2.16. The maximum atomic E-state index is 4.05. The van der Waals surface area contributed by atoms with Crippen LogP contribution in [0.2, 0.25) is 0 Å². The minimum atomic E-state index is 0.199. The van der Waals surface area contributed by atoms with Crippen LogP contribution in [0.25, 0.3) is 0 Å². The molecule has 0 aliphatic heterocycles. The van der Waals surface area contributed by atoms with Gasteiger partial charge in [0.25, 0.3) is 0 Å². The molecule has 1 unspecified atom stereocenters. The molecule has 15 heavy (non-hydrogen) atoms. The van der Waals surface area contributed by atoms with Crippen LogP contribution in [-0.2, 0) is 0 Å². The van der Waals surface area contributed by atoms with Crippen LogP contribution in [0, 0.1) is 5.92 Å². The summed E-state index contributed by atoms with van der Waals surface area (Å²) < 4.78 is 1.86. The second-order valence-electron chi connectivity index (χ2n) is 4.60. The molecule has 0 aliphatic rings. The highest BCUT2D eigenvalue weighted by molar-refractivity contribution is 4.90. The van der Waals surface area contributed by atoms with Crippen molar-refractivity contribution in [3.05, 3.63) is 5.82 Å². The van der Waals surface area contributed by atoms with E-state index in [2.05, 4.69) is 55.5 Å². The van der Waals surface area contributed by atoms with E-state index in [1.807, 2.05) is 4.68 Å². The molecule has 0 fully saturated rings. The molecule has 1 aromatic heterocycles. The number of nitrogens with one attached hydrogen (secondary N) is 1. The van der Waals surface area contributed by atoms with Gasteiger partial charge in [-0.05, 0) is 43.7 Å². The van der Waals surface area contributed by atoms with Crippen LogP contribution in [0.4, 0.5) is 0 Å². The van der Waals surface area contributed by atoms with E-state index in [9.17, 15) is 0 Å². The number of aromatic nitrogens is 4. The fraction of sp³-hybridized carbons (Fsp3) is 0.900. The first-order valence-corrected chi connectivity index (χ1v) is 5.53. The topological polar surface area (TPSA) is 55.6 Å². The zero-order chi connectivity index (χ0) is 11.4. The van der Waals surface area contributed by atoms with Gasteiger partial charge in [-0.1, -0.05) is 13.8 Å². The summed E-state index contributed by atoms with van der Waals surface area (Å²) in [7, 11) is 0. The monoisotopic (exact) mass is 211 g/mol. The minimum Gasteiger partial charge on any atom is -0.307 e. The molecule has 1 heterocycles. The molecule has 1 N–H and O–H groups in total. The zero-order valence-electron chi connectivity index (χ0n) is 10.2. The Morgan fingerprint density at radius 2 is 1.87 bits per heavy atom. The highest BCUT2D eigenvalue weighted by Crippen LogP contribution is 2.12. The summed E-state index contributed by atoms with van der Waals surface area (Å²) in [6, 6.07) is 0.503. The summed E-state index contributed by atoms with van der Waals surface area (Å²) in [6.45, 7) is 11.6. The number of tetrazole rings is 1. The molecule has 5 heteroatoms. The maximum Gasteiger partial charge on any atom is 0.168 e. The van der Waals surface area contributed by atoms with E-state index in [0.29, 0.717) is 12.0 Å². The van der Waals surface area contributed by atoms with Crippen molar-refractivity contribution in [2.75, 3.05) is 6.54 Å². The van der Waals surface area contributed by atoms with Crippen LogP contribution in [0.3, 0.4) is 0 Å². The van der Waals surface area contributed by atoms with Crippen molar-refractivity contribution >= 4 is 0 Å². The van der Waals surface area contributed by atoms with Crippen molar-refractivity contribution in [2.45, 2.75) is 46.7 Å². The number of nitrogens with zero attached hydrogens (tertiary/aromatic N) is 4. The molecule has 0 aliphatic carbocycles. The van der Waals surface area contributed by atoms with E-state index in [1.165, 1.54) is 0 Å². The second kappa shape index (κ2) is 5.21. The number of hydrogen-bond donors (Lipinski definition) is 1. The van der Waals surface area contributed by atoms with Crippen LogP contribution in [0.15, 0.2) is 0 Å². The molecule has 0 bridgehead atoms. The van der Waals surface area contributed by atoms with Gasteiger partial charge in [0.05, 0.1) is 12.1 Å². The smallest absolute Gasteiger partial charge is 0.168 e. The molecule has 0 spiro atoms. The Labute approximate surface area is 91.2 Å². The first kappa shape index (κ1) is 12.1. The Kier molecular flexibility index (Phi) is 4.20. The van der Waals surface area contributed by atoms with E-state index < -0.39 is 0 Å². The van der Waals surface area contributed by atoms with Gasteiger partial charge in [0.2, 0.25) is 0 Å². The highest BCUT2D eigenvalue weighted by atomic mass is 15.6. The Hall–Kier alpha value is -0.970. The van der Waals surface area contributed by atoms with E-state index in [0.717, 1.165) is 12.4 Å². The molecule has 0 saturated carbocycles. The van der Waals surface area contributed by atoms with Crippen LogP contribution in [0.1, 0.15) is 52.5 Å². The van der Waals surface area contributed by atoms with E-state index >= 15 is 0 Å². The van der Waals surface area contributed by atoms with Crippen molar-refractivity contribution < 1.29 is 0 Å². The largest absolute Gasteiger partial charge is 0.307 e. The van der Waals surface area contributed by atoms with Crippen molar-refractivity contribution in [3.8, 4) is 0 Å². The predicted molar refractivity (Wildman–Crippen MR) is 59.5 cm³/mol. The Morgan fingerprint density at radius 1 is 1.20 bits per heavy atom. The third kappa shape index (κ3) is 3.27. The fourth-order valence-corrected chi connectivity index (χ4v) is 1.36. The molecule has 1 aromatic rings. The average Bonchev–Trinajstić information content (AvgIpc) is 2.62. The van der Waals surface area contributed by atoms with Gasteiger partial charge in [0.1, 0.15) is 0 Å². The summed E-state index contributed by atoms with van der Waals surface area (Å²) in [6.07, 6.45) is 0. The summed E-state index contributed by atoms with van der Waals surface area (Å²) in [5.74, 6) is 1.54. The predicted octanol–water partition coefficient (Wildman–Crippen LogP) is 1.56. The van der Waals surface area contributed by atoms with E-state index in [4.69, 9.17) is 0 Å². The fourth-order valence-electron chi connectivity index (χ4n) is 1.36. The van der Waals surface area contributed by atoms with Gasteiger partial charge in [0, 0.05) is 0 Å². The lowest BCUT2D eigenvalue weighted by Crippen LogP contribution is -2.26. The van der Waals surface area contributed by atoms with Crippen molar-refractivity contribution in [1.82, 2.24) is 25.5 Å². The quantitative estimate of drug-likeness (QED) is 0.803. The summed E-state index contributed by atoms with van der Waals surface area (Å²) in [5.41, 5.74) is 0. The average molecular weight is 211 g/mol. The van der Waals surface area contributed by atoms with Crippen molar-refractivity contribution in [1.29, 1.82) is 0 Å². The molecule has 0 radical (unpaired) electrons. The Morgan fingerprint density at radius 3 is 2.40 bits per heavy atom. The van der Waals surface area contributed by atoms with E-state index in [1.54, 1.807) is 0 Å². The second-order valence-corrected chi connectivity index (χ2v) is 4.60. The lowest BCUT2D eigenvalue weighted by molar-refractivity contribution is 0.430. The molecule has 86 valence electrons. The first-order chi connectivity index (χ1) is 7.02. The van der Waals surface area contributed by atoms with E-state index in [-0.39, 0.29) is 6.04 Å². The van der Waals surface area contributed by atoms with Crippen LogP contribution in [-0.4, -0.2) is 26.8 Å². The van der Waals surface area contributed by atoms with Gasteiger partial charge in [-0.3, -0.25) is 0 Å². The summed E-state index contributed by atoms with van der Waals surface area (Å²) >= 11 is 0. The van der Waals surface area contributed by atoms with Gasteiger partial charge in [-0.15, -0.1) is 5.10 Å². The zero-order valence-corrected chi connectivity index (χ0v) is 10.2. The van der Waals surface area contributed by atoms with Gasteiger partial charge in [0.15, 0.2) is 5.82 Å². The molecule has 1 atom stereocenters. The number of rotatable bonds is 5. The highest BCUT2D eigenvalue weighted by Gasteiger charge is 2.15. The molecule has 0 amide bonds. The van der Waals surface area contributed by atoms with Gasteiger partial charge in [-0.25, -0.2) is 4.68 Å². The molecule has 1 rings (SSSR count). The maximum absolute atomic E-state index is 4.05. The standard InChI is InChI=1S/C10H21N5/c1-7(2)6-11-9(5)10-12-13-14-15(10)8(3)4/h7-9,11H,6H2,1-5H3.